The topological polar surface area (TPSA) is 78.5 Å². The second-order valence-electron chi connectivity index (χ2n) is 5.00. The molecule has 0 saturated carbocycles. The van der Waals surface area contributed by atoms with Crippen LogP contribution in [0.25, 0.3) is 17.2 Å². The first-order chi connectivity index (χ1) is 10.2. The van der Waals surface area contributed by atoms with Crippen molar-refractivity contribution in [1.29, 1.82) is 0 Å². The molecule has 1 unspecified atom stereocenters. The highest BCUT2D eigenvalue weighted by Crippen LogP contribution is 2.17. The van der Waals surface area contributed by atoms with Crippen molar-refractivity contribution in [2.75, 3.05) is 0 Å². The van der Waals surface area contributed by atoms with Gasteiger partial charge in [-0.05, 0) is 24.6 Å². The molecule has 3 rings (SSSR count). The third-order valence-corrected chi connectivity index (χ3v) is 3.49. The Morgan fingerprint density at radius 3 is 3.00 bits per heavy atom. The maximum atomic E-state index is 11.3. The van der Waals surface area contributed by atoms with Crippen molar-refractivity contribution in [2.45, 2.75) is 19.5 Å². The molecule has 0 aliphatic heterocycles. The first-order valence-corrected chi connectivity index (χ1v) is 6.76. The summed E-state index contributed by atoms with van der Waals surface area (Å²) < 4.78 is 1.68. The highest BCUT2D eigenvalue weighted by molar-refractivity contribution is 5.75. The van der Waals surface area contributed by atoms with Gasteiger partial charge in [-0.2, -0.15) is 5.10 Å². The molecule has 6 nitrogen and oxygen atoms in total. The maximum absolute atomic E-state index is 11.3. The molecule has 0 radical (unpaired) electrons. The number of fused-ring (bicyclic) bond motifs is 1. The number of imidazole rings is 1. The molecule has 0 bridgehead atoms. The summed E-state index contributed by atoms with van der Waals surface area (Å²) in [7, 11) is 0. The average Bonchev–Trinajstić information content (AvgIpc) is 3.08. The molecule has 108 valence electrons. The predicted molar refractivity (Wildman–Crippen MR) is 82.8 cm³/mol. The number of H-pyrrole nitrogens is 2. The number of nitrogens with one attached hydrogen (secondary N) is 3. The molecule has 3 N–H and O–H groups in total. The molecular weight excluding hydrogens is 266 g/mol. The quantitative estimate of drug-likeness (QED) is 0.670. The molecule has 1 atom stereocenters. The normalized spacial score (nSPS) is 12.6. The van der Waals surface area contributed by atoms with Gasteiger partial charge >= 0.3 is 5.69 Å². The number of aromatic amines is 2. The standard InChI is InChI=1S/C15H17N5O/c1-3-20-9-11(8-17-20)7-16-10(2)12-4-5-13-14(6-12)19-15(21)18-13/h3-6,8-10,16H,1,7H2,2H3,(H2,18,19,21). The van der Waals surface area contributed by atoms with Gasteiger partial charge in [0.15, 0.2) is 0 Å². The Bertz CT molecular complexity index is 826. The van der Waals surface area contributed by atoms with E-state index in [1.165, 1.54) is 0 Å². The Balaban J connectivity index is 1.72. The average molecular weight is 283 g/mol. The fourth-order valence-electron chi connectivity index (χ4n) is 2.28. The Kier molecular flexibility index (Phi) is 3.45. The van der Waals surface area contributed by atoms with Crippen LogP contribution in [0.3, 0.4) is 0 Å². The fraction of sp³-hybridized carbons (Fsp3) is 0.200. The molecule has 1 aromatic carbocycles. The van der Waals surface area contributed by atoms with Gasteiger partial charge in [0.25, 0.3) is 0 Å². The minimum Gasteiger partial charge on any atom is -0.306 e. The van der Waals surface area contributed by atoms with E-state index in [-0.39, 0.29) is 11.7 Å². The van der Waals surface area contributed by atoms with Gasteiger partial charge in [0.2, 0.25) is 0 Å². The molecule has 3 aromatic rings. The zero-order valence-corrected chi connectivity index (χ0v) is 11.8. The zero-order chi connectivity index (χ0) is 14.8. The molecule has 0 fully saturated rings. The van der Waals surface area contributed by atoms with Crippen molar-refractivity contribution >= 4 is 17.2 Å². The summed E-state index contributed by atoms with van der Waals surface area (Å²) in [4.78, 5) is 16.8. The first-order valence-electron chi connectivity index (χ1n) is 6.76. The number of hydrogen-bond donors (Lipinski definition) is 3. The van der Waals surface area contributed by atoms with Crippen LogP contribution in [0.15, 0.2) is 42.0 Å². The summed E-state index contributed by atoms with van der Waals surface area (Å²) in [5.74, 6) is 0. The summed E-state index contributed by atoms with van der Waals surface area (Å²) in [5, 5.41) is 7.58. The highest BCUT2D eigenvalue weighted by Gasteiger charge is 2.07. The maximum Gasteiger partial charge on any atom is 0.323 e. The van der Waals surface area contributed by atoms with Crippen LogP contribution in [0.1, 0.15) is 24.1 Å². The van der Waals surface area contributed by atoms with Gasteiger partial charge in [-0.1, -0.05) is 12.6 Å². The van der Waals surface area contributed by atoms with Crippen LogP contribution < -0.4 is 11.0 Å². The molecule has 6 heteroatoms. The van der Waals surface area contributed by atoms with Gasteiger partial charge in [0.05, 0.1) is 17.2 Å². The van der Waals surface area contributed by atoms with Crippen LogP contribution in [0, 0.1) is 0 Å². The van der Waals surface area contributed by atoms with E-state index in [0.29, 0.717) is 0 Å². The van der Waals surface area contributed by atoms with E-state index >= 15 is 0 Å². The second kappa shape index (κ2) is 5.41. The van der Waals surface area contributed by atoms with Gasteiger partial charge < -0.3 is 15.3 Å². The van der Waals surface area contributed by atoms with Gasteiger partial charge in [0, 0.05) is 30.5 Å². The van der Waals surface area contributed by atoms with Crippen molar-refractivity contribution in [3.8, 4) is 0 Å². The van der Waals surface area contributed by atoms with Crippen molar-refractivity contribution < 1.29 is 0 Å². The molecule has 0 spiro atoms. The first kappa shape index (κ1) is 13.4. The molecule has 21 heavy (non-hydrogen) atoms. The van der Waals surface area contributed by atoms with Crippen LogP contribution in [0.2, 0.25) is 0 Å². The third kappa shape index (κ3) is 2.80. The predicted octanol–water partition coefficient (Wildman–Crippen LogP) is 2.00. The van der Waals surface area contributed by atoms with Gasteiger partial charge in [-0.15, -0.1) is 0 Å². The third-order valence-electron chi connectivity index (χ3n) is 3.49. The molecule has 0 amide bonds. The van der Waals surface area contributed by atoms with Gasteiger partial charge in [-0.3, -0.25) is 0 Å². The summed E-state index contributed by atoms with van der Waals surface area (Å²) in [6.07, 6.45) is 5.40. The van der Waals surface area contributed by atoms with Crippen LogP contribution in [-0.4, -0.2) is 19.7 Å². The van der Waals surface area contributed by atoms with E-state index in [0.717, 1.165) is 28.7 Å². The zero-order valence-electron chi connectivity index (χ0n) is 11.8. The van der Waals surface area contributed by atoms with Crippen molar-refractivity contribution in [2.24, 2.45) is 0 Å². The number of benzene rings is 1. The lowest BCUT2D eigenvalue weighted by Crippen LogP contribution is -2.17. The fourth-order valence-corrected chi connectivity index (χ4v) is 2.28. The summed E-state index contributed by atoms with van der Waals surface area (Å²) in [6, 6.07) is 6.07. The summed E-state index contributed by atoms with van der Waals surface area (Å²) in [5.41, 5.74) is 3.68. The van der Waals surface area contributed by atoms with E-state index in [1.54, 1.807) is 10.9 Å². The number of nitrogens with zero attached hydrogens (tertiary/aromatic N) is 2. The highest BCUT2D eigenvalue weighted by atomic mass is 16.1. The number of rotatable bonds is 5. The van der Waals surface area contributed by atoms with E-state index < -0.39 is 0 Å². The Hall–Kier alpha value is -2.60. The minimum atomic E-state index is -0.181. The Labute approximate surface area is 121 Å². The molecule has 0 aliphatic rings. The minimum absolute atomic E-state index is 0.167. The van der Waals surface area contributed by atoms with Gasteiger partial charge in [0.1, 0.15) is 0 Å². The van der Waals surface area contributed by atoms with E-state index in [9.17, 15) is 4.79 Å². The Morgan fingerprint density at radius 1 is 1.43 bits per heavy atom. The smallest absolute Gasteiger partial charge is 0.306 e. The van der Waals surface area contributed by atoms with E-state index in [1.807, 2.05) is 30.6 Å². The number of aromatic nitrogens is 4. The van der Waals surface area contributed by atoms with Crippen LogP contribution in [-0.2, 0) is 6.54 Å². The van der Waals surface area contributed by atoms with Crippen LogP contribution in [0.5, 0.6) is 0 Å². The van der Waals surface area contributed by atoms with Crippen molar-refractivity contribution in [3.05, 3.63) is 58.8 Å². The SMILES string of the molecule is C=Cn1cc(CNC(C)c2ccc3[nH]c(=O)[nH]c3c2)cn1. The lowest BCUT2D eigenvalue weighted by molar-refractivity contribution is 0.575. The summed E-state index contributed by atoms with van der Waals surface area (Å²) >= 11 is 0. The van der Waals surface area contributed by atoms with E-state index in [4.69, 9.17) is 0 Å². The Morgan fingerprint density at radius 2 is 2.24 bits per heavy atom. The molecule has 0 aliphatic carbocycles. The number of hydrogen-bond acceptors (Lipinski definition) is 3. The van der Waals surface area contributed by atoms with Crippen molar-refractivity contribution in [1.82, 2.24) is 25.1 Å². The monoisotopic (exact) mass is 283 g/mol. The van der Waals surface area contributed by atoms with E-state index in [2.05, 4.69) is 33.9 Å². The summed E-state index contributed by atoms with van der Waals surface area (Å²) in [6.45, 7) is 6.47. The second-order valence-corrected chi connectivity index (χ2v) is 5.00. The van der Waals surface area contributed by atoms with Crippen molar-refractivity contribution in [3.63, 3.8) is 0 Å². The molecule has 0 saturated heterocycles. The molecule has 2 heterocycles. The molecular formula is C15H17N5O. The molecule has 2 aromatic heterocycles. The largest absolute Gasteiger partial charge is 0.323 e. The lowest BCUT2D eigenvalue weighted by atomic mass is 10.1. The lowest BCUT2D eigenvalue weighted by Gasteiger charge is -2.13. The van der Waals surface area contributed by atoms with Crippen LogP contribution >= 0.6 is 0 Å². The van der Waals surface area contributed by atoms with Gasteiger partial charge in [-0.25, -0.2) is 9.48 Å². The van der Waals surface area contributed by atoms with Crippen LogP contribution in [0.4, 0.5) is 0 Å².